The molecule has 0 saturated heterocycles. The van der Waals surface area contributed by atoms with Crippen LogP contribution >= 0.6 is 0 Å². The third-order valence-corrected chi connectivity index (χ3v) is 2.60. The van der Waals surface area contributed by atoms with E-state index < -0.39 is 0 Å². The Bertz CT molecular complexity index is 256. The molecule has 1 atom stereocenters. The molecule has 0 aliphatic heterocycles. The molecule has 0 saturated carbocycles. The van der Waals surface area contributed by atoms with Crippen molar-refractivity contribution in [2.75, 3.05) is 40.3 Å². The van der Waals surface area contributed by atoms with Gasteiger partial charge in [-0.1, -0.05) is 0 Å². The van der Waals surface area contributed by atoms with E-state index in [1.54, 1.807) is 4.90 Å². The fourth-order valence-corrected chi connectivity index (χ4v) is 1.51. The summed E-state index contributed by atoms with van der Waals surface area (Å²) in [4.78, 5) is 15.6. The van der Waals surface area contributed by atoms with E-state index in [1.807, 2.05) is 32.8 Å². The number of nitrogens with one attached hydrogen (secondary N) is 1. The van der Waals surface area contributed by atoms with Crippen LogP contribution in [0.5, 0.6) is 0 Å². The van der Waals surface area contributed by atoms with Crippen LogP contribution in [0.1, 0.15) is 20.3 Å². The highest BCUT2D eigenvalue weighted by Gasteiger charge is 2.16. The maximum atomic E-state index is 11.8. The lowest BCUT2D eigenvalue weighted by Gasteiger charge is -2.20. The summed E-state index contributed by atoms with van der Waals surface area (Å²) in [5.74, 6) is 0.0407. The topological polar surface area (TPSA) is 59.4 Å². The first kappa shape index (κ1) is 15.9. The van der Waals surface area contributed by atoms with E-state index in [-0.39, 0.29) is 18.4 Å². The second-order valence-electron chi connectivity index (χ2n) is 4.21. The van der Waals surface area contributed by atoms with Crippen LogP contribution in [-0.2, 0) is 4.79 Å². The molecular formula is C12H24N4O. The molecule has 0 rings (SSSR count). The lowest BCUT2D eigenvalue weighted by molar-refractivity contribution is -0.131. The van der Waals surface area contributed by atoms with Crippen molar-refractivity contribution in [3.63, 3.8) is 0 Å². The molecule has 5 heteroatoms. The second kappa shape index (κ2) is 8.97. The zero-order valence-corrected chi connectivity index (χ0v) is 11.4. The molecule has 98 valence electrons. The molecule has 0 spiro atoms. The van der Waals surface area contributed by atoms with E-state index in [9.17, 15) is 4.79 Å². The van der Waals surface area contributed by atoms with Crippen LogP contribution in [-0.4, -0.2) is 62.0 Å². The summed E-state index contributed by atoms with van der Waals surface area (Å²) < 4.78 is 0. The fraction of sp³-hybridized carbons (Fsp3) is 0.833. The number of carbonyl (C=O) groups is 1. The number of nitrogens with zero attached hydrogens (tertiary/aromatic N) is 3. The SMILES string of the molecule is CCN(CC)C(=O)CC(C#N)NCCN(C)C. The Balaban J connectivity index is 4.04. The highest BCUT2D eigenvalue weighted by Crippen LogP contribution is 1.98. The number of carbonyl (C=O) groups excluding carboxylic acids is 1. The number of likely N-dealkylation sites (N-methyl/N-ethyl adjacent to an activating group) is 1. The second-order valence-corrected chi connectivity index (χ2v) is 4.21. The van der Waals surface area contributed by atoms with Crippen molar-refractivity contribution in [2.24, 2.45) is 0 Å². The van der Waals surface area contributed by atoms with Gasteiger partial charge in [0.1, 0.15) is 6.04 Å². The molecule has 0 aromatic rings. The van der Waals surface area contributed by atoms with Crippen LogP contribution in [0.4, 0.5) is 0 Å². The fourth-order valence-electron chi connectivity index (χ4n) is 1.51. The van der Waals surface area contributed by atoms with Crippen LogP contribution in [0, 0.1) is 11.3 Å². The molecule has 1 unspecified atom stereocenters. The van der Waals surface area contributed by atoms with Crippen molar-refractivity contribution < 1.29 is 4.79 Å². The van der Waals surface area contributed by atoms with Gasteiger partial charge in [-0.3, -0.25) is 4.79 Å². The van der Waals surface area contributed by atoms with E-state index in [1.165, 1.54) is 0 Å². The Morgan fingerprint density at radius 2 is 1.94 bits per heavy atom. The number of rotatable bonds is 8. The summed E-state index contributed by atoms with van der Waals surface area (Å²) in [5, 5.41) is 12.1. The number of hydrogen-bond acceptors (Lipinski definition) is 4. The maximum Gasteiger partial charge on any atom is 0.225 e. The van der Waals surface area contributed by atoms with Crippen molar-refractivity contribution in [3.8, 4) is 6.07 Å². The average molecular weight is 240 g/mol. The summed E-state index contributed by atoms with van der Waals surface area (Å²) in [6.07, 6.45) is 0.256. The van der Waals surface area contributed by atoms with Gasteiger partial charge < -0.3 is 15.1 Å². The third kappa shape index (κ3) is 6.93. The first-order valence-corrected chi connectivity index (χ1v) is 6.10. The molecule has 1 N–H and O–H groups in total. The molecule has 0 radical (unpaired) electrons. The zero-order valence-electron chi connectivity index (χ0n) is 11.4. The molecule has 0 aromatic heterocycles. The smallest absolute Gasteiger partial charge is 0.225 e. The van der Waals surface area contributed by atoms with Gasteiger partial charge in [0.05, 0.1) is 12.5 Å². The van der Waals surface area contributed by atoms with E-state index in [2.05, 4.69) is 11.4 Å². The molecular weight excluding hydrogens is 216 g/mol. The summed E-state index contributed by atoms with van der Waals surface area (Å²) >= 11 is 0. The van der Waals surface area contributed by atoms with Gasteiger partial charge in [0.25, 0.3) is 0 Å². The van der Waals surface area contributed by atoms with E-state index in [0.717, 1.165) is 13.1 Å². The van der Waals surface area contributed by atoms with Crippen LogP contribution < -0.4 is 5.32 Å². The molecule has 1 amide bonds. The van der Waals surface area contributed by atoms with Gasteiger partial charge in [0.15, 0.2) is 0 Å². The number of amides is 1. The van der Waals surface area contributed by atoms with Crippen LogP contribution in [0.25, 0.3) is 0 Å². The minimum atomic E-state index is -0.386. The molecule has 5 nitrogen and oxygen atoms in total. The average Bonchev–Trinajstić information content (AvgIpc) is 2.28. The van der Waals surface area contributed by atoms with E-state index in [0.29, 0.717) is 13.1 Å². The van der Waals surface area contributed by atoms with E-state index >= 15 is 0 Å². The van der Waals surface area contributed by atoms with Gasteiger partial charge in [0, 0.05) is 26.2 Å². The first-order chi connectivity index (χ1) is 8.04. The molecule has 0 aliphatic rings. The number of nitriles is 1. The predicted molar refractivity (Wildman–Crippen MR) is 68.5 cm³/mol. The third-order valence-electron chi connectivity index (χ3n) is 2.60. The lowest BCUT2D eigenvalue weighted by atomic mass is 10.2. The zero-order chi connectivity index (χ0) is 13.3. The van der Waals surface area contributed by atoms with Gasteiger partial charge in [-0.15, -0.1) is 0 Å². The molecule has 0 aliphatic carbocycles. The summed E-state index contributed by atoms with van der Waals surface area (Å²) in [6.45, 7) is 6.87. The Kier molecular flexibility index (Phi) is 8.38. The van der Waals surface area contributed by atoms with Crippen molar-refractivity contribution in [2.45, 2.75) is 26.3 Å². The summed E-state index contributed by atoms with van der Waals surface area (Å²) in [5.41, 5.74) is 0. The number of hydrogen-bond donors (Lipinski definition) is 1. The van der Waals surface area contributed by atoms with Crippen LogP contribution in [0.2, 0.25) is 0 Å². The van der Waals surface area contributed by atoms with Gasteiger partial charge in [0.2, 0.25) is 5.91 Å². The minimum absolute atomic E-state index is 0.0407. The summed E-state index contributed by atoms with van der Waals surface area (Å²) in [7, 11) is 3.95. The minimum Gasteiger partial charge on any atom is -0.343 e. The maximum absolute atomic E-state index is 11.8. The molecule has 0 fully saturated rings. The molecule has 0 aromatic carbocycles. The Morgan fingerprint density at radius 3 is 2.35 bits per heavy atom. The normalized spacial score (nSPS) is 12.2. The van der Waals surface area contributed by atoms with Crippen molar-refractivity contribution >= 4 is 5.91 Å². The predicted octanol–water partition coefficient (Wildman–Crippen LogP) is 0.288. The van der Waals surface area contributed by atoms with Gasteiger partial charge in [-0.05, 0) is 27.9 Å². The molecule has 0 heterocycles. The van der Waals surface area contributed by atoms with Gasteiger partial charge in [-0.2, -0.15) is 5.26 Å². The Hall–Kier alpha value is -1.12. The van der Waals surface area contributed by atoms with E-state index in [4.69, 9.17) is 5.26 Å². The van der Waals surface area contributed by atoms with Crippen LogP contribution in [0.3, 0.4) is 0 Å². The molecule has 0 bridgehead atoms. The Labute approximate surface area is 104 Å². The lowest BCUT2D eigenvalue weighted by Crippen LogP contribution is -2.39. The van der Waals surface area contributed by atoms with Gasteiger partial charge in [-0.25, -0.2) is 0 Å². The highest BCUT2D eigenvalue weighted by atomic mass is 16.2. The quantitative estimate of drug-likeness (QED) is 0.662. The Morgan fingerprint density at radius 1 is 1.35 bits per heavy atom. The molecule has 17 heavy (non-hydrogen) atoms. The van der Waals surface area contributed by atoms with Crippen molar-refractivity contribution in [1.29, 1.82) is 5.26 Å². The monoisotopic (exact) mass is 240 g/mol. The standard InChI is InChI=1S/C12H24N4O/c1-5-16(6-2)12(17)9-11(10-13)14-7-8-15(3)4/h11,14H,5-9H2,1-4H3. The van der Waals surface area contributed by atoms with Crippen LogP contribution in [0.15, 0.2) is 0 Å². The highest BCUT2D eigenvalue weighted by molar-refractivity contribution is 5.77. The largest absolute Gasteiger partial charge is 0.343 e. The first-order valence-electron chi connectivity index (χ1n) is 6.10. The van der Waals surface area contributed by atoms with Crippen molar-refractivity contribution in [3.05, 3.63) is 0 Å². The van der Waals surface area contributed by atoms with Gasteiger partial charge >= 0.3 is 0 Å². The van der Waals surface area contributed by atoms with Crippen molar-refractivity contribution in [1.82, 2.24) is 15.1 Å². The summed E-state index contributed by atoms with van der Waals surface area (Å²) in [6, 6.07) is 1.75.